The smallest absolute Gasteiger partial charge is 0.239 e. The molecule has 0 aliphatic carbocycles. The Kier molecular flexibility index (Phi) is 5.73. The van der Waals surface area contributed by atoms with E-state index in [0.29, 0.717) is 16.6 Å². The first-order valence-electron chi connectivity index (χ1n) is 7.61. The number of halogens is 1. The third-order valence-corrected chi connectivity index (χ3v) is 4.87. The van der Waals surface area contributed by atoms with E-state index in [-0.39, 0.29) is 11.2 Å². The molecule has 1 aliphatic rings. The predicted octanol–water partition coefficient (Wildman–Crippen LogP) is 3.51. The zero-order valence-corrected chi connectivity index (χ0v) is 15.1. The van der Waals surface area contributed by atoms with Gasteiger partial charge in [-0.3, -0.25) is 4.79 Å². The Morgan fingerprint density at radius 2 is 2.08 bits per heavy atom. The molecule has 1 N–H and O–H groups in total. The lowest BCUT2D eigenvalue weighted by Crippen LogP contribution is -2.25. The number of nitrogens with zero attached hydrogens (tertiary/aromatic N) is 2. The first-order valence-corrected chi connectivity index (χ1v) is 8.87. The zero-order chi connectivity index (χ0) is 17.6. The average molecular weight is 374 g/mol. The van der Waals surface area contributed by atoms with Gasteiger partial charge in [0.1, 0.15) is 5.75 Å². The quantitative estimate of drug-likeness (QED) is 0.644. The highest BCUT2D eigenvalue weighted by molar-refractivity contribution is 8.15. The second-order valence-electron chi connectivity index (χ2n) is 5.35. The van der Waals surface area contributed by atoms with E-state index < -0.39 is 0 Å². The molecule has 0 saturated carbocycles. The Balaban J connectivity index is 1.61. The van der Waals surface area contributed by atoms with Crippen molar-refractivity contribution in [3.8, 4) is 5.75 Å². The van der Waals surface area contributed by atoms with Gasteiger partial charge in [0.25, 0.3) is 0 Å². The third-order valence-electron chi connectivity index (χ3n) is 3.56. The summed E-state index contributed by atoms with van der Waals surface area (Å²) in [7, 11) is 1.62. The maximum Gasteiger partial charge on any atom is 0.239 e. The standard InChI is InChI=1S/C18H16ClN3O2S/c1-24-15-7-5-12(6-8-15)11-20-22-18-21-17(23)16(25-18)10-13-3-2-4-14(19)9-13/h2-9,11,16H,10H2,1H3,(H,21,22,23). The highest BCUT2D eigenvalue weighted by Crippen LogP contribution is 2.24. The van der Waals surface area contributed by atoms with Gasteiger partial charge in [0.05, 0.1) is 18.6 Å². The maximum atomic E-state index is 12.1. The van der Waals surface area contributed by atoms with Crippen molar-refractivity contribution in [3.05, 3.63) is 64.7 Å². The highest BCUT2D eigenvalue weighted by Gasteiger charge is 2.30. The fraction of sp³-hybridized carbons (Fsp3) is 0.167. The van der Waals surface area contributed by atoms with Crippen molar-refractivity contribution in [2.24, 2.45) is 10.2 Å². The molecule has 0 spiro atoms. The lowest BCUT2D eigenvalue weighted by molar-refractivity contribution is -0.118. The van der Waals surface area contributed by atoms with Crippen LogP contribution in [-0.4, -0.2) is 29.6 Å². The number of methoxy groups -OCH3 is 1. The van der Waals surface area contributed by atoms with Crippen molar-refractivity contribution in [2.75, 3.05) is 7.11 Å². The summed E-state index contributed by atoms with van der Waals surface area (Å²) in [6, 6.07) is 15.0. The van der Waals surface area contributed by atoms with E-state index in [1.165, 1.54) is 11.8 Å². The second kappa shape index (κ2) is 8.18. The fourth-order valence-corrected chi connectivity index (χ4v) is 3.48. The van der Waals surface area contributed by atoms with Crippen LogP contribution in [0.2, 0.25) is 5.02 Å². The molecular formula is C18H16ClN3O2S. The summed E-state index contributed by atoms with van der Waals surface area (Å²) in [6.07, 6.45) is 2.22. The van der Waals surface area contributed by atoms with Crippen molar-refractivity contribution < 1.29 is 9.53 Å². The number of hydrogen-bond donors (Lipinski definition) is 1. The van der Waals surface area contributed by atoms with Crippen LogP contribution in [0.1, 0.15) is 11.1 Å². The molecule has 0 aromatic heterocycles. The lowest BCUT2D eigenvalue weighted by Gasteiger charge is -2.05. The van der Waals surface area contributed by atoms with Gasteiger partial charge in [0.15, 0.2) is 5.17 Å². The molecule has 1 amide bonds. The van der Waals surface area contributed by atoms with Gasteiger partial charge in [-0.05, 0) is 53.9 Å². The van der Waals surface area contributed by atoms with Crippen LogP contribution in [0.25, 0.3) is 0 Å². The minimum absolute atomic E-state index is 0.0663. The van der Waals surface area contributed by atoms with Crippen LogP contribution in [0.3, 0.4) is 0 Å². The van der Waals surface area contributed by atoms with Gasteiger partial charge >= 0.3 is 0 Å². The molecule has 0 bridgehead atoms. The van der Waals surface area contributed by atoms with Crippen molar-refractivity contribution >= 4 is 40.7 Å². The number of amidine groups is 1. The molecular weight excluding hydrogens is 358 g/mol. The number of ether oxygens (including phenoxy) is 1. The summed E-state index contributed by atoms with van der Waals surface area (Å²) < 4.78 is 5.10. The number of hydrogen-bond acceptors (Lipinski definition) is 5. The van der Waals surface area contributed by atoms with E-state index in [1.807, 2.05) is 48.5 Å². The predicted molar refractivity (Wildman–Crippen MR) is 103 cm³/mol. The molecule has 2 aromatic rings. The van der Waals surface area contributed by atoms with Gasteiger partial charge in [0.2, 0.25) is 5.91 Å². The van der Waals surface area contributed by atoms with E-state index in [4.69, 9.17) is 16.3 Å². The molecule has 3 rings (SSSR count). The first kappa shape index (κ1) is 17.5. The number of amides is 1. The van der Waals surface area contributed by atoms with E-state index >= 15 is 0 Å². The maximum absolute atomic E-state index is 12.1. The van der Waals surface area contributed by atoms with Crippen molar-refractivity contribution in [1.29, 1.82) is 0 Å². The van der Waals surface area contributed by atoms with E-state index in [1.54, 1.807) is 13.3 Å². The topological polar surface area (TPSA) is 63.1 Å². The van der Waals surface area contributed by atoms with Crippen LogP contribution in [0, 0.1) is 0 Å². The molecule has 0 radical (unpaired) electrons. The summed E-state index contributed by atoms with van der Waals surface area (Å²) in [5, 5.41) is 11.8. The number of benzene rings is 2. The molecule has 1 fully saturated rings. The monoisotopic (exact) mass is 373 g/mol. The van der Waals surface area contributed by atoms with Crippen molar-refractivity contribution in [3.63, 3.8) is 0 Å². The molecule has 1 aliphatic heterocycles. The van der Waals surface area contributed by atoms with Crippen LogP contribution in [-0.2, 0) is 11.2 Å². The van der Waals surface area contributed by atoms with Crippen molar-refractivity contribution in [1.82, 2.24) is 5.32 Å². The van der Waals surface area contributed by atoms with Gasteiger partial charge < -0.3 is 10.1 Å². The van der Waals surface area contributed by atoms with Gasteiger partial charge in [-0.15, -0.1) is 5.10 Å². The van der Waals surface area contributed by atoms with Crippen LogP contribution in [0.15, 0.2) is 58.7 Å². The van der Waals surface area contributed by atoms with Crippen LogP contribution in [0.4, 0.5) is 0 Å². The second-order valence-corrected chi connectivity index (χ2v) is 6.98. The van der Waals surface area contributed by atoms with Gasteiger partial charge in [0, 0.05) is 5.02 Å². The number of thioether (sulfide) groups is 1. The number of nitrogens with one attached hydrogen (secondary N) is 1. The highest BCUT2D eigenvalue weighted by atomic mass is 35.5. The SMILES string of the molecule is COc1ccc(C=N/N=C2\NC(=O)C(Cc3cccc(Cl)c3)S2)cc1. The number of carbonyl (C=O) groups excluding carboxylic acids is 1. The van der Waals surface area contributed by atoms with Crippen LogP contribution in [0.5, 0.6) is 5.75 Å². The van der Waals surface area contributed by atoms with Gasteiger partial charge in [-0.1, -0.05) is 35.5 Å². The number of rotatable bonds is 5. The first-order chi connectivity index (χ1) is 12.1. The minimum atomic E-state index is -0.228. The largest absolute Gasteiger partial charge is 0.497 e. The molecule has 2 aromatic carbocycles. The molecule has 1 heterocycles. The Hall–Kier alpha value is -2.31. The third kappa shape index (κ3) is 4.84. The molecule has 1 saturated heterocycles. The normalized spacial score (nSPS) is 18.7. The van der Waals surface area contributed by atoms with Crippen LogP contribution < -0.4 is 10.1 Å². The molecule has 25 heavy (non-hydrogen) atoms. The van der Waals surface area contributed by atoms with Crippen LogP contribution >= 0.6 is 23.4 Å². The summed E-state index contributed by atoms with van der Waals surface area (Å²) in [4.78, 5) is 12.1. The fourth-order valence-electron chi connectivity index (χ4n) is 2.30. The minimum Gasteiger partial charge on any atom is -0.497 e. The molecule has 128 valence electrons. The van der Waals surface area contributed by atoms with Gasteiger partial charge in [-0.2, -0.15) is 5.10 Å². The van der Waals surface area contributed by atoms with Gasteiger partial charge in [-0.25, -0.2) is 0 Å². The Labute approximate surface area is 155 Å². The Morgan fingerprint density at radius 3 is 2.80 bits per heavy atom. The summed E-state index contributed by atoms with van der Waals surface area (Å²) in [5.74, 6) is 0.717. The average Bonchev–Trinajstić information content (AvgIpc) is 2.95. The van der Waals surface area contributed by atoms with E-state index in [0.717, 1.165) is 16.9 Å². The van der Waals surface area contributed by atoms with E-state index in [2.05, 4.69) is 15.5 Å². The summed E-state index contributed by atoms with van der Waals surface area (Å²) in [6.45, 7) is 0. The summed E-state index contributed by atoms with van der Waals surface area (Å²) >= 11 is 7.36. The Morgan fingerprint density at radius 1 is 1.28 bits per heavy atom. The zero-order valence-electron chi connectivity index (χ0n) is 13.5. The van der Waals surface area contributed by atoms with Crippen molar-refractivity contribution in [2.45, 2.75) is 11.7 Å². The number of carbonyl (C=O) groups is 1. The molecule has 1 unspecified atom stereocenters. The lowest BCUT2D eigenvalue weighted by atomic mass is 10.1. The molecule has 7 heteroatoms. The van der Waals surface area contributed by atoms with E-state index in [9.17, 15) is 4.79 Å². The Bertz CT molecular complexity index is 821. The molecule has 1 atom stereocenters. The molecule has 5 nitrogen and oxygen atoms in total. The summed E-state index contributed by atoms with van der Waals surface area (Å²) in [5.41, 5.74) is 1.91.